The minimum Gasteiger partial charge on any atom is -0.468 e. The van der Waals surface area contributed by atoms with Crippen LogP contribution < -0.4 is 0 Å². The fraction of sp³-hybridized carbons (Fsp3) is 0.667. The maximum absolute atomic E-state index is 11.3. The maximum atomic E-state index is 11.3. The monoisotopic (exact) mass is 288 g/mol. The Balaban J connectivity index is 1.92. The van der Waals surface area contributed by atoms with Crippen molar-refractivity contribution in [3.63, 3.8) is 0 Å². The Bertz CT molecular complexity index is 381. The highest BCUT2D eigenvalue weighted by molar-refractivity contribution is 9.10. The first-order chi connectivity index (χ1) is 7.70. The molecule has 7 heteroatoms. The number of hydrogen-bond donors (Lipinski definition) is 0. The topological polar surface area (TPSA) is 60.2 Å². The number of hydrogen-bond acceptors (Lipinski definition) is 5. The van der Waals surface area contributed by atoms with Crippen molar-refractivity contribution in [3.05, 3.63) is 12.2 Å². The number of alkyl halides is 1. The lowest BCUT2D eigenvalue weighted by atomic mass is 10.3. The summed E-state index contributed by atoms with van der Waals surface area (Å²) in [6.45, 7) is 3.10. The second kappa shape index (κ2) is 4.92. The van der Waals surface area contributed by atoms with Gasteiger partial charge >= 0.3 is 5.97 Å². The Morgan fingerprint density at radius 2 is 2.50 bits per heavy atom. The molecule has 2 heterocycles. The molecule has 0 aliphatic carbocycles. The van der Waals surface area contributed by atoms with Crippen LogP contribution in [0.5, 0.6) is 0 Å². The number of aromatic nitrogens is 3. The average Bonchev–Trinajstić information content (AvgIpc) is 2.75. The van der Waals surface area contributed by atoms with Gasteiger partial charge in [-0.05, 0) is 0 Å². The lowest BCUT2D eigenvalue weighted by Crippen LogP contribution is -2.39. The van der Waals surface area contributed by atoms with E-state index in [0.29, 0.717) is 6.54 Å². The number of halogens is 1. The molecule has 2 rings (SSSR count). The van der Waals surface area contributed by atoms with Crippen LogP contribution in [-0.4, -0.2) is 50.7 Å². The molecule has 0 saturated carbocycles. The average molecular weight is 289 g/mol. The van der Waals surface area contributed by atoms with Gasteiger partial charge in [-0.2, -0.15) is 0 Å². The van der Waals surface area contributed by atoms with Crippen LogP contribution in [0.25, 0.3) is 0 Å². The molecule has 0 N–H and O–H groups in total. The van der Waals surface area contributed by atoms with Crippen LogP contribution in [-0.2, 0) is 22.6 Å². The molecule has 0 radical (unpaired) electrons. The molecule has 0 fully saturated rings. The number of fused-ring (bicyclic) bond motifs is 1. The fourth-order valence-corrected chi connectivity index (χ4v) is 2.30. The Hall–Kier alpha value is -0.950. The summed E-state index contributed by atoms with van der Waals surface area (Å²) in [5.41, 5.74) is 0. The number of ether oxygens (including phenoxy) is 1. The van der Waals surface area contributed by atoms with Crippen LogP contribution in [0.1, 0.15) is 5.82 Å². The van der Waals surface area contributed by atoms with Crippen molar-refractivity contribution in [2.75, 3.05) is 20.2 Å². The quantitative estimate of drug-likeness (QED) is 0.580. The van der Waals surface area contributed by atoms with Gasteiger partial charge in [0.25, 0.3) is 0 Å². The number of carbonyl (C=O) groups is 1. The highest BCUT2D eigenvalue weighted by Crippen LogP contribution is 2.12. The molecule has 1 aliphatic rings. The van der Waals surface area contributed by atoms with Crippen molar-refractivity contribution in [2.24, 2.45) is 0 Å². The summed E-state index contributed by atoms with van der Waals surface area (Å²) < 4.78 is 6.69. The second-order valence-corrected chi connectivity index (χ2v) is 4.77. The Morgan fingerprint density at radius 1 is 1.69 bits per heavy atom. The molecular formula is C9H13BrN4O2. The van der Waals surface area contributed by atoms with Gasteiger partial charge in [0, 0.05) is 19.6 Å². The van der Waals surface area contributed by atoms with Crippen LogP contribution >= 0.6 is 15.9 Å². The number of methoxy groups -OCH3 is 1. The number of esters is 1. The van der Waals surface area contributed by atoms with Gasteiger partial charge in [-0.1, -0.05) is 15.9 Å². The molecule has 1 atom stereocenters. The third-order valence-electron chi connectivity index (χ3n) is 2.59. The molecule has 0 amide bonds. The summed E-state index contributed by atoms with van der Waals surface area (Å²) in [6, 6.07) is 0. The third kappa shape index (κ3) is 2.41. The second-order valence-electron chi connectivity index (χ2n) is 3.67. The van der Waals surface area contributed by atoms with E-state index in [9.17, 15) is 4.79 Å². The van der Waals surface area contributed by atoms with E-state index < -0.39 is 0 Å². The summed E-state index contributed by atoms with van der Waals surface area (Å²) in [5.74, 6) is 0.697. The van der Waals surface area contributed by atoms with Gasteiger partial charge < -0.3 is 9.30 Å². The molecule has 1 aromatic rings. The first kappa shape index (κ1) is 11.5. The zero-order chi connectivity index (χ0) is 11.5. The van der Waals surface area contributed by atoms with Crippen molar-refractivity contribution in [1.82, 2.24) is 19.7 Å². The van der Waals surface area contributed by atoms with E-state index in [0.717, 1.165) is 25.5 Å². The first-order valence-corrected chi connectivity index (χ1v) is 5.93. The smallest absolute Gasteiger partial charge is 0.320 e. The molecule has 0 bridgehead atoms. The van der Waals surface area contributed by atoms with Crippen molar-refractivity contribution in [2.45, 2.75) is 17.9 Å². The van der Waals surface area contributed by atoms with E-state index in [1.807, 2.05) is 4.57 Å². The van der Waals surface area contributed by atoms with E-state index in [1.165, 1.54) is 7.11 Å². The van der Waals surface area contributed by atoms with Crippen molar-refractivity contribution < 1.29 is 9.53 Å². The van der Waals surface area contributed by atoms with Crippen LogP contribution in [0.3, 0.4) is 0 Å². The highest BCUT2D eigenvalue weighted by atomic mass is 79.9. The number of carbonyl (C=O) groups excluding carboxylic acids is 1. The molecule has 0 saturated heterocycles. The summed E-state index contributed by atoms with van der Waals surface area (Å²) in [6.07, 6.45) is 1.73. The van der Waals surface area contributed by atoms with Crippen LogP contribution in [0, 0.1) is 0 Å². The lowest BCUT2D eigenvalue weighted by Gasteiger charge is -2.27. The maximum Gasteiger partial charge on any atom is 0.320 e. The van der Waals surface area contributed by atoms with Gasteiger partial charge in [-0.15, -0.1) is 10.2 Å². The molecule has 1 aliphatic heterocycles. The molecule has 16 heavy (non-hydrogen) atoms. The zero-order valence-electron chi connectivity index (χ0n) is 8.97. The highest BCUT2D eigenvalue weighted by Gasteiger charge is 2.23. The number of nitrogens with zero attached hydrogens (tertiary/aromatic N) is 4. The van der Waals surface area contributed by atoms with Gasteiger partial charge in [0.05, 0.1) is 13.7 Å². The summed E-state index contributed by atoms with van der Waals surface area (Å²) >= 11 is 3.31. The summed E-state index contributed by atoms with van der Waals surface area (Å²) in [4.78, 5) is 13.1. The molecular weight excluding hydrogens is 276 g/mol. The fourth-order valence-electron chi connectivity index (χ4n) is 1.70. The molecule has 0 spiro atoms. The largest absolute Gasteiger partial charge is 0.468 e. The standard InChI is InChI=1S/C9H13BrN4O2/c1-16-9(15)7(10)4-13-2-3-14-6-11-12-8(14)5-13/h6-7H,2-5H2,1H3. The Kier molecular flexibility index (Phi) is 3.55. The zero-order valence-corrected chi connectivity index (χ0v) is 10.6. The predicted octanol–water partition coefficient (Wildman–Crippen LogP) is 0.0302. The van der Waals surface area contributed by atoms with Crippen molar-refractivity contribution in [3.8, 4) is 0 Å². The lowest BCUT2D eigenvalue weighted by molar-refractivity contribution is -0.140. The van der Waals surface area contributed by atoms with Crippen molar-refractivity contribution >= 4 is 21.9 Å². The van der Waals surface area contributed by atoms with Gasteiger partial charge in [-0.25, -0.2) is 0 Å². The first-order valence-electron chi connectivity index (χ1n) is 5.01. The predicted molar refractivity (Wildman–Crippen MR) is 60.0 cm³/mol. The number of rotatable bonds is 3. The van der Waals surface area contributed by atoms with E-state index in [-0.39, 0.29) is 10.8 Å². The minimum atomic E-state index is -0.285. The van der Waals surface area contributed by atoms with E-state index >= 15 is 0 Å². The molecule has 0 aromatic carbocycles. The summed E-state index contributed by atoms with van der Waals surface area (Å²) in [7, 11) is 1.39. The van der Waals surface area contributed by atoms with Gasteiger partial charge in [0.15, 0.2) is 0 Å². The summed E-state index contributed by atoms with van der Waals surface area (Å²) in [5, 5.41) is 7.87. The SMILES string of the molecule is COC(=O)C(Br)CN1CCn2cnnc2C1. The van der Waals surface area contributed by atoms with Gasteiger partial charge in [0.2, 0.25) is 0 Å². The van der Waals surface area contributed by atoms with E-state index in [2.05, 4.69) is 35.8 Å². The minimum absolute atomic E-state index is 0.243. The molecule has 88 valence electrons. The van der Waals surface area contributed by atoms with Crippen LogP contribution in [0.2, 0.25) is 0 Å². The normalized spacial score (nSPS) is 17.9. The Labute approximate surface area is 102 Å². The van der Waals surface area contributed by atoms with E-state index in [1.54, 1.807) is 6.33 Å². The molecule has 1 unspecified atom stereocenters. The van der Waals surface area contributed by atoms with Crippen molar-refractivity contribution in [1.29, 1.82) is 0 Å². The van der Waals surface area contributed by atoms with Crippen LogP contribution in [0.15, 0.2) is 6.33 Å². The van der Waals surface area contributed by atoms with Gasteiger partial charge in [0.1, 0.15) is 17.0 Å². The van der Waals surface area contributed by atoms with Crippen LogP contribution in [0.4, 0.5) is 0 Å². The molecule has 6 nitrogen and oxygen atoms in total. The molecule has 1 aromatic heterocycles. The van der Waals surface area contributed by atoms with E-state index in [4.69, 9.17) is 0 Å². The Morgan fingerprint density at radius 3 is 3.25 bits per heavy atom. The van der Waals surface area contributed by atoms with Gasteiger partial charge in [-0.3, -0.25) is 9.69 Å². The third-order valence-corrected chi connectivity index (χ3v) is 3.26.